The van der Waals surface area contributed by atoms with Crippen LogP contribution >= 0.6 is 0 Å². The lowest BCUT2D eigenvalue weighted by molar-refractivity contribution is -0.119. The molecule has 2 N–H and O–H groups in total. The van der Waals surface area contributed by atoms with Crippen LogP contribution in [-0.2, 0) is 11.3 Å². The Balaban J connectivity index is 1.63. The van der Waals surface area contributed by atoms with Crippen LogP contribution in [0, 0.1) is 0 Å². The topological polar surface area (TPSA) is 72.4 Å². The van der Waals surface area contributed by atoms with Crippen molar-refractivity contribution >= 4 is 11.6 Å². The van der Waals surface area contributed by atoms with Gasteiger partial charge in [-0.2, -0.15) is 0 Å². The smallest absolute Gasteiger partial charge is 0.225 e. The Morgan fingerprint density at radius 3 is 2.69 bits per heavy atom. The van der Waals surface area contributed by atoms with E-state index >= 15 is 0 Å². The third-order valence-corrected chi connectivity index (χ3v) is 4.99. The van der Waals surface area contributed by atoms with Crippen LogP contribution in [0.15, 0.2) is 65.2 Å². The number of fused-ring (bicyclic) bond motifs is 1. The summed E-state index contributed by atoms with van der Waals surface area (Å²) in [5, 5.41) is 0. The summed E-state index contributed by atoms with van der Waals surface area (Å²) in [6.45, 7) is 2.66. The number of carbonyl (C=O) groups excluding carboxylic acids is 1. The van der Waals surface area contributed by atoms with Crippen molar-refractivity contribution < 1.29 is 9.21 Å². The van der Waals surface area contributed by atoms with Gasteiger partial charge >= 0.3 is 0 Å². The highest BCUT2D eigenvalue weighted by atomic mass is 16.4. The Bertz CT molecular complexity index is 920. The van der Waals surface area contributed by atoms with E-state index in [1.807, 2.05) is 54.6 Å². The number of oxazole rings is 1. The third-order valence-electron chi connectivity index (χ3n) is 4.99. The number of anilines is 1. The van der Waals surface area contributed by atoms with Gasteiger partial charge in [0.05, 0.1) is 18.7 Å². The van der Waals surface area contributed by atoms with Crippen molar-refractivity contribution in [2.75, 3.05) is 4.90 Å². The van der Waals surface area contributed by atoms with E-state index in [1.54, 1.807) is 6.20 Å². The average molecular weight is 347 g/mol. The van der Waals surface area contributed by atoms with Crippen molar-refractivity contribution in [3.05, 3.63) is 72.2 Å². The minimum absolute atomic E-state index is 0.162. The molecule has 3 aromatic rings. The van der Waals surface area contributed by atoms with Gasteiger partial charge in [0.2, 0.25) is 11.8 Å². The van der Waals surface area contributed by atoms with E-state index < -0.39 is 0 Å². The fraction of sp³-hybridized carbons (Fsp3) is 0.238. The van der Waals surface area contributed by atoms with E-state index in [0.29, 0.717) is 18.9 Å². The zero-order chi connectivity index (χ0) is 18.1. The first-order valence-corrected chi connectivity index (χ1v) is 8.78. The number of carbonyl (C=O) groups is 1. The predicted octanol–water partition coefficient (Wildman–Crippen LogP) is 3.71. The number of hydrogen-bond donors (Lipinski definition) is 1. The van der Waals surface area contributed by atoms with E-state index in [2.05, 4.69) is 16.8 Å². The van der Waals surface area contributed by atoms with Gasteiger partial charge < -0.3 is 15.1 Å². The van der Waals surface area contributed by atoms with Crippen LogP contribution in [0.3, 0.4) is 0 Å². The van der Waals surface area contributed by atoms with Crippen molar-refractivity contribution in [3.8, 4) is 11.3 Å². The molecule has 0 bridgehead atoms. The summed E-state index contributed by atoms with van der Waals surface area (Å²) < 4.78 is 5.97. The number of rotatable bonds is 4. The zero-order valence-electron chi connectivity index (χ0n) is 14.6. The van der Waals surface area contributed by atoms with Gasteiger partial charge in [0.1, 0.15) is 0 Å². The molecule has 2 heterocycles. The summed E-state index contributed by atoms with van der Waals surface area (Å²) >= 11 is 0. The van der Waals surface area contributed by atoms with E-state index in [4.69, 9.17) is 10.2 Å². The summed E-state index contributed by atoms with van der Waals surface area (Å²) in [7, 11) is 0. The highest BCUT2D eigenvalue weighted by Crippen LogP contribution is 2.39. The van der Waals surface area contributed by atoms with Crippen LogP contribution in [0.4, 0.5) is 5.69 Å². The van der Waals surface area contributed by atoms with Gasteiger partial charge in [-0.15, -0.1) is 0 Å². The standard InChI is InChI=1S/C21H21N3O2/c1-14-11-17(21(22)25)16-9-5-6-10-18(16)24(14)13-20-23-12-19(26-20)15-7-3-2-4-8-15/h2-10,12,14,17H,11,13H2,1H3,(H2,22,25). The highest BCUT2D eigenvalue weighted by Gasteiger charge is 2.33. The first-order valence-electron chi connectivity index (χ1n) is 8.78. The summed E-state index contributed by atoms with van der Waals surface area (Å²) in [5.41, 5.74) is 8.63. The maximum Gasteiger partial charge on any atom is 0.225 e. The average Bonchev–Trinajstić information content (AvgIpc) is 3.13. The lowest BCUT2D eigenvalue weighted by atomic mass is 9.85. The Morgan fingerprint density at radius 1 is 1.19 bits per heavy atom. The van der Waals surface area contributed by atoms with Gasteiger partial charge in [0.25, 0.3) is 0 Å². The van der Waals surface area contributed by atoms with Crippen molar-refractivity contribution in [2.24, 2.45) is 5.73 Å². The molecular formula is C21H21N3O2. The first kappa shape index (κ1) is 16.4. The summed E-state index contributed by atoms with van der Waals surface area (Å²) in [4.78, 5) is 18.5. The second-order valence-electron chi connectivity index (χ2n) is 6.71. The molecule has 2 unspecified atom stereocenters. The van der Waals surface area contributed by atoms with Crippen LogP contribution in [0.1, 0.15) is 30.7 Å². The maximum atomic E-state index is 11.9. The highest BCUT2D eigenvalue weighted by molar-refractivity contribution is 5.85. The van der Waals surface area contributed by atoms with E-state index in [0.717, 1.165) is 22.6 Å². The molecular weight excluding hydrogens is 326 g/mol. The monoisotopic (exact) mass is 347 g/mol. The first-order chi connectivity index (χ1) is 12.6. The number of nitrogens with zero attached hydrogens (tertiary/aromatic N) is 2. The molecule has 2 atom stereocenters. The van der Waals surface area contributed by atoms with Crippen LogP contribution in [-0.4, -0.2) is 16.9 Å². The van der Waals surface area contributed by atoms with Crippen LogP contribution < -0.4 is 10.6 Å². The lowest BCUT2D eigenvalue weighted by Gasteiger charge is -2.39. The Morgan fingerprint density at radius 2 is 1.92 bits per heavy atom. The molecule has 132 valence electrons. The van der Waals surface area contributed by atoms with Crippen molar-refractivity contribution in [3.63, 3.8) is 0 Å². The molecule has 26 heavy (non-hydrogen) atoms. The fourth-order valence-electron chi connectivity index (χ4n) is 3.65. The van der Waals surface area contributed by atoms with Gasteiger partial charge in [0, 0.05) is 17.3 Å². The van der Waals surface area contributed by atoms with Gasteiger partial charge in [0.15, 0.2) is 5.76 Å². The number of nitrogens with two attached hydrogens (primary N) is 1. The lowest BCUT2D eigenvalue weighted by Crippen LogP contribution is -2.41. The fourth-order valence-corrected chi connectivity index (χ4v) is 3.65. The predicted molar refractivity (Wildman–Crippen MR) is 101 cm³/mol. The minimum Gasteiger partial charge on any atom is -0.439 e. The summed E-state index contributed by atoms with van der Waals surface area (Å²) in [6, 6.07) is 18.0. The number of para-hydroxylation sites is 1. The molecule has 0 aliphatic carbocycles. The van der Waals surface area contributed by atoms with Crippen LogP contribution in [0.5, 0.6) is 0 Å². The third kappa shape index (κ3) is 2.96. The van der Waals surface area contributed by atoms with Gasteiger partial charge in [-0.1, -0.05) is 48.5 Å². The van der Waals surface area contributed by atoms with E-state index in [-0.39, 0.29) is 17.9 Å². The molecule has 2 aromatic carbocycles. The zero-order valence-corrected chi connectivity index (χ0v) is 14.6. The van der Waals surface area contributed by atoms with Crippen molar-refractivity contribution in [1.82, 2.24) is 4.98 Å². The maximum absolute atomic E-state index is 11.9. The summed E-state index contributed by atoms with van der Waals surface area (Å²) in [6.07, 6.45) is 2.45. The number of benzene rings is 2. The number of aromatic nitrogens is 1. The van der Waals surface area contributed by atoms with Crippen LogP contribution in [0.2, 0.25) is 0 Å². The Hall–Kier alpha value is -3.08. The molecule has 0 spiro atoms. The van der Waals surface area contributed by atoms with E-state index in [9.17, 15) is 4.79 Å². The summed E-state index contributed by atoms with van der Waals surface area (Å²) in [5.74, 6) is 0.893. The van der Waals surface area contributed by atoms with Crippen LogP contribution in [0.25, 0.3) is 11.3 Å². The Kier molecular flexibility index (Phi) is 4.21. The number of hydrogen-bond acceptors (Lipinski definition) is 4. The molecule has 1 aliphatic heterocycles. The van der Waals surface area contributed by atoms with E-state index in [1.165, 1.54) is 0 Å². The number of amides is 1. The number of primary amides is 1. The molecule has 0 saturated carbocycles. The largest absolute Gasteiger partial charge is 0.439 e. The molecule has 1 aromatic heterocycles. The quantitative estimate of drug-likeness (QED) is 0.781. The van der Waals surface area contributed by atoms with Gasteiger partial charge in [-0.05, 0) is 25.0 Å². The SMILES string of the molecule is CC1CC(C(N)=O)c2ccccc2N1Cc1ncc(-c2ccccc2)o1. The molecule has 0 fully saturated rings. The van der Waals surface area contributed by atoms with Gasteiger partial charge in [-0.3, -0.25) is 4.79 Å². The second-order valence-corrected chi connectivity index (χ2v) is 6.71. The molecule has 1 aliphatic rings. The van der Waals surface area contributed by atoms with Crippen molar-refractivity contribution in [1.29, 1.82) is 0 Å². The molecule has 0 saturated heterocycles. The minimum atomic E-state index is -0.272. The van der Waals surface area contributed by atoms with Crippen molar-refractivity contribution in [2.45, 2.75) is 31.8 Å². The molecule has 1 amide bonds. The molecule has 4 rings (SSSR count). The molecule has 5 nitrogen and oxygen atoms in total. The molecule has 5 heteroatoms. The normalized spacial score (nSPS) is 19.2. The Labute approximate surface area is 152 Å². The van der Waals surface area contributed by atoms with Gasteiger partial charge in [-0.25, -0.2) is 4.98 Å². The molecule has 0 radical (unpaired) electrons. The second kappa shape index (κ2) is 6.67.